The number of aryl methyl sites for hydroxylation is 1. The highest BCUT2D eigenvalue weighted by Gasteiger charge is 2.34. The van der Waals surface area contributed by atoms with Crippen LogP contribution in [0.15, 0.2) is 59.6 Å². The monoisotopic (exact) mass is 408 g/mol. The molecule has 1 aliphatic heterocycles. The molecule has 5 nitrogen and oxygen atoms in total. The average Bonchev–Trinajstić information content (AvgIpc) is 2.80. The Hall–Kier alpha value is -2.37. The van der Waals surface area contributed by atoms with E-state index in [0.29, 0.717) is 0 Å². The summed E-state index contributed by atoms with van der Waals surface area (Å²) in [6.45, 7) is 7.58. The molecule has 0 radical (unpaired) electrons. The van der Waals surface area contributed by atoms with Crippen LogP contribution in [0.3, 0.4) is 0 Å². The predicted octanol–water partition coefficient (Wildman–Crippen LogP) is 3.81. The molecule has 0 saturated carbocycles. The second-order valence-electron chi connectivity index (χ2n) is 8.07. The molecule has 162 valence electrons. The van der Waals surface area contributed by atoms with Crippen molar-refractivity contribution >= 4 is 5.96 Å². The van der Waals surface area contributed by atoms with E-state index in [-0.39, 0.29) is 11.6 Å². The third kappa shape index (κ3) is 6.07. The van der Waals surface area contributed by atoms with Gasteiger partial charge in [-0.05, 0) is 42.9 Å². The molecule has 1 aliphatic rings. The van der Waals surface area contributed by atoms with Gasteiger partial charge in [0, 0.05) is 44.9 Å². The van der Waals surface area contributed by atoms with E-state index in [1.807, 2.05) is 7.05 Å². The van der Waals surface area contributed by atoms with Gasteiger partial charge in [0.05, 0.1) is 0 Å². The van der Waals surface area contributed by atoms with Gasteiger partial charge in [0.15, 0.2) is 5.96 Å². The van der Waals surface area contributed by atoms with Crippen LogP contribution in [0.1, 0.15) is 49.4 Å². The second kappa shape index (κ2) is 11.1. The van der Waals surface area contributed by atoms with Gasteiger partial charge in [0.25, 0.3) is 0 Å². The van der Waals surface area contributed by atoms with Crippen LogP contribution >= 0.6 is 0 Å². The molecule has 2 aromatic rings. The Labute approximate surface area is 181 Å². The van der Waals surface area contributed by atoms with Crippen molar-refractivity contribution in [1.82, 2.24) is 16.0 Å². The molecule has 0 aromatic heterocycles. The minimum Gasteiger partial charge on any atom is -0.381 e. The van der Waals surface area contributed by atoms with Crippen LogP contribution in [-0.4, -0.2) is 38.3 Å². The topological polar surface area (TPSA) is 57.7 Å². The summed E-state index contributed by atoms with van der Waals surface area (Å²) in [5, 5.41) is 10.9. The van der Waals surface area contributed by atoms with Gasteiger partial charge in [-0.15, -0.1) is 0 Å². The number of hydrogen-bond donors (Lipinski definition) is 3. The number of rotatable bonds is 8. The third-order valence-electron chi connectivity index (χ3n) is 6.04. The van der Waals surface area contributed by atoms with Crippen LogP contribution in [-0.2, 0) is 17.7 Å². The van der Waals surface area contributed by atoms with Crippen LogP contribution in [0, 0.1) is 0 Å². The first-order chi connectivity index (χ1) is 14.7. The molecule has 1 heterocycles. The molecule has 1 unspecified atom stereocenters. The molecule has 0 amide bonds. The fourth-order valence-corrected chi connectivity index (χ4v) is 4.15. The minimum absolute atomic E-state index is 0.0214. The van der Waals surface area contributed by atoms with Gasteiger partial charge in [-0.1, -0.05) is 61.5 Å². The first kappa shape index (κ1) is 22.3. The second-order valence-corrected chi connectivity index (χ2v) is 8.07. The zero-order valence-corrected chi connectivity index (χ0v) is 18.6. The average molecular weight is 409 g/mol. The van der Waals surface area contributed by atoms with Crippen molar-refractivity contribution in [3.8, 4) is 0 Å². The number of guanidine groups is 1. The maximum Gasteiger partial charge on any atom is 0.191 e. The lowest BCUT2D eigenvalue weighted by Crippen LogP contribution is -2.58. The van der Waals surface area contributed by atoms with Crippen LogP contribution in [0.4, 0.5) is 0 Å². The van der Waals surface area contributed by atoms with Crippen LogP contribution in [0.25, 0.3) is 0 Å². The summed E-state index contributed by atoms with van der Waals surface area (Å²) in [7, 11) is 1.83. The van der Waals surface area contributed by atoms with Crippen LogP contribution in [0.5, 0.6) is 0 Å². The Kier molecular flexibility index (Phi) is 8.29. The smallest absolute Gasteiger partial charge is 0.191 e. The van der Waals surface area contributed by atoms with E-state index in [1.54, 1.807) is 0 Å². The molecule has 5 heteroatoms. The third-order valence-corrected chi connectivity index (χ3v) is 6.04. The van der Waals surface area contributed by atoms with Crippen molar-refractivity contribution in [2.75, 3.05) is 26.8 Å². The standard InChI is InChI=1S/C25H36N4O/c1-4-21-10-8-9-13-23(21)18-27-24(26-3)28-19-25(14-16-30-17-15-25)29-20(2)22-11-6-5-7-12-22/h5-13,20,29H,4,14-19H2,1-3H3,(H2,26,27,28). The highest BCUT2D eigenvalue weighted by atomic mass is 16.5. The zero-order chi connectivity index (χ0) is 21.2. The number of nitrogens with zero attached hydrogens (tertiary/aromatic N) is 1. The number of ether oxygens (including phenoxy) is 1. The van der Waals surface area contributed by atoms with Crippen molar-refractivity contribution in [1.29, 1.82) is 0 Å². The summed E-state index contributed by atoms with van der Waals surface area (Å²) in [5.74, 6) is 0.834. The molecule has 1 atom stereocenters. The van der Waals surface area contributed by atoms with Gasteiger partial charge in [0.1, 0.15) is 0 Å². The van der Waals surface area contributed by atoms with E-state index in [9.17, 15) is 0 Å². The van der Waals surface area contributed by atoms with Crippen molar-refractivity contribution in [3.05, 3.63) is 71.3 Å². The van der Waals surface area contributed by atoms with Gasteiger partial charge in [-0.2, -0.15) is 0 Å². The van der Waals surface area contributed by atoms with Gasteiger partial charge in [-0.3, -0.25) is 4.99 Å². The Morgan fingerprint density at radius 3 is 2.33 bits per heavy atom. The zero-order valence-electron chi connectivity index (χ0n) is 18.6. The molecule has 30 heavy (non-hydrogen) atoms. The van der Waals surface area contributed by atoms with Gasteiger partial charge >= 0.3 is 0 Å². The summed E-state index contributed by atoms with van der Waals surface area (Å²) in [5.41, 5.74) is 3.98. The molecule has 3 N–H and O–H groups in total. The summed E-state index contributed by atoms with van der Waals surface area (Å²) in [6, 6.07) is 19.5. The van der Waals surface area contributed by atoms with Crippen LogP contribution in [0.2, 0.25) is 0 Å². The van der Waals surface area contributed by atoms with Crippen LogP contribution < -0.4 is 16.0 Å². The molecule has 0 spiro atoms. The molecule has 1 saturated heterocycles. The maximum atomic E-state index is 5.66. The molecule has 0 bridgehead atoms. The number of nitrogens with one attached hydrogen (secondary N) is 3. The van der Waals surface area contributed by atoms with Crippen molar-refractivity contribution in [2.45, 2.75) is 51.2 Å². The quantitative estimate of drug-likeness (QED) is 0.459. The van der Waals surface area contributed by atoms with Gasteiger partial charge in [-0.25, -0.2) is 0 Å². The highest BCUT2D eigenvalue weighted by molar-refractivity contribution is 5.79. The Bertz CT molecular complexity index is 800. The minimum atomic E-state index is -0.0214. The Morgan fingerprint density at radius 2 is 1.67 bits per heavy atom. The summed E-state index contributed by atoms with van der Waals surface area (Å²) >= 11 is 0. The molecule has 3 rings (SSSR count). The highest BCUT2D eigenvalue weighted by Crippen LogP contribution is 2.25. The Balaban J connectivity index is 1.61. The molecular formula is C25H36N4O. The van der Waals surface area contributed by atoms with E-state index < -0.39 is 0 Å². The summed E-state index contributed by atoms with van der Waals surface area (Å²) < 4.78 is 5.66. The lowest BCUT2D eigenvalue weighted by Gasteiger charge is -2.41. The van der Waals surface area contributed by atoms with Crippen molar-refractivity contribution in [2.24, 2.45) is 4.99 Å². The van der Waals surface area contributed by atoms with E-state index in [0.717, 1.165) is 51.5 Å². The molecule has 0 aliphatic carbocycles. The van der Waals surface area contributed by atoms with E-state index >= 15 is 0 Å². The maximum absolute atomic E-state index is 5.66. The molecular weight excluding hydrogens is 372 g/mol. The van der Waals surface area contributed by atoms with Crippen molar-refractivity contribution < 1.29 is 4.74 Å². The SMILES string of the molecule is CCc1ccccc1CNC(=NC)NCC1(NC(C)c2ccccc2)CCOCC1. The Morgan fingerprint density at radius 1 is 1.00 bits per heavy atom. The fourth-order valence-electron chi connectivity index (χ4n) is 4.15. The van der Waals surface area contributed by atoms with Crippen molar-refractivity contribution in [3.63, 3.8) is 0 Å². The number of benzene rings is 2. The lowest BCUT2D eigenvalue weighted by molar-refractivity contribution is 0.0355. The lowest BCUT2D eigenvalue weighted by atomic mass is 9.88. The first-order valence-electron chi connectivity index (χ1n) is 11.1. The predicted molar refractivity (Wildman–Crippen MR) is 125 cm³/mol. The van der Waals surface area contributed by atoms with E-state index in [1.165, 1.54) is 16.7 Å². The normalized spacial score (nSPS) is 17.4. The van der Waals surface area contributed by atoms with Gasteiger partial charge < -0.3 is 20.7 Å². The number of hydrogen-bond acceptors (Lipinski definition) is 3. The molecule has 1 fully saturated rings. The van der Waals surface area contributed by atoms with Gasteiger partial charge in [0.2, 0.25) is 0 Å². The van der Waals surface area contributed by atoms with E-state index in [4.69, 9.17) is 4.74 Å². The summed E-state index contributed by atoms with van der Waals surface area (Å²) in [4.78, 5) is 4.45. The summed E-state index contributed by atoms with van der Waals surface area (Å²) in [6.07, 6.45) is 2.99. The van der Waals surface area contributed by atoms with E-state index in [2.05, 4.69) is 89.4 Å². The first-order valence-corrected chi connectivity index (χ1v) is 11.1. The number of aliphatic imine (C=N–C) groups is 1. The fraction of sp³-hybridized carbons (Fsp3) is 0.480. The largest absolute Gasteiger partial charge is 0.381 e. The molecule has 2 aromatic carbocycles.